The molecular formula is C22H32O2. The molecule has 2 nitrogen and oxygen atoms in total. The first-order valence-electron chi connectivity index (χ1n) is 10.3. The molecule has 0 aromatic heterocycles. The van der Waals surface area contributed by atoms with Gasteiger partial charge in [-0.3, -0.25) is 4.79 Å². The van der Waals surface area contributed by atoms with E-state index in [1.54, 1.807) is 5.57 Å². The van der Waals surface area contributed by atoms with Crippen molar-refractivity contribution < 1.29 is 9.90 Å². The van der Waals surface area contributed by atoms with Gasteiger partial charge >= 0.3 is 0 Å². The van der Waals surface area contributed by atoms with Gasteiger partial charge in [0.05, 0.1) is 6.10 Å². The second-order valence-electron chi connectivity index (χ2n) is 10.1. The van der Waals surface area contributed by atoms with Crippen LogP contribution in [0.5, 0.6) is 0 Å². The third-order valence-electron chi connectivity index (χ3n) is 9.32. The first-order valence-corrected chi connectivity index (χ1v) is 10.3. The molecule has 132 valence electrons. The number of ketones is 1. The van der Waals surface area contributed by atoms with Crippen molar-refractivity contribution in [2.24, 2.45) is 40.4 Å². The van der Waals surface area contributed by atoms with E-state index in [0.29, 0.717) is 22.5 Å². The minimum atomic E-state index is -0.155. The zero-order chi connectivity index (χ0) is 16.9. The molecule has 0 aromatic carbocycles. The highest BCUT2D eigenvalue weighted by molar-refractivity contribution is 5.82. The fourth-order valence-corrected chi connectivity index (χ4v) is 8.54. The highest BCUT2D eigenvalue weighted by Crippen LogP contribution is 2.83. The monoisotopic (exact) mass is 328 g/mol. The average Bonchev–Trinajstić information content (AvgIpc) is 3.16. The molecule has 8 atom stereocenters. The minimum Gasteiger partial charge on any atom is -0.393 e. The molecule has 0 bridgehead atoms. The molecule has 1 spiro atoms. The van der Waals surface area contributed by atoms with Crippen LogP contribution >= 0.6 is 0 Å². The number of carbonyl (C=O) groups is 1. The fourth-order valence-electron chi connectivity index (χ4n) is 8.54. The second-order valence-corrected chi connectivity index (χ2v) is 10.1. The summed E-state index contributed by atoms with van der Waals surface area (Å²) < 4.78 is 0. The summed E-state index contributed by atoms with van der Waals surface area (Å²) >= 11 is 0. The Morgan fingerprint density at radius 2 is 2.08 bits per heavy atom. The molecule has 5 aliphatic carbocycles. The number of carbonyl (C=O) groups excluding carboxylic acids is 1. The van der Waals surface area contributed by atoms with Crippen LogP contribution in [0.4, 0.5) is 0 Å². The second kappa shape index (κ2) is 4.75. The van der Waals surface area contributed by atoms with E-state index < -0.39 is 0 Å². The zero-order valence-electron chi connectivity index (χ0n) is 15.5. The molecule has 24 heavy (non-hydrogen) atoms. The molecule has 3 fully saturated rings. The highest BCUT2D eigenvalue weighted by atomic mass is 16.3. The maximum Gasteiger partial charge on any atom is 0.137 e. The smallest absolute Gasteiger partial charge is 0.137 e. The highest BCUT2D eigenvalue weighted by Gasteiger charge is 2.77. The number of rotatable bonds is 1. The van der Waals surface area contributed by atoms with E-state index in [1.165, 1.54) is 37.7 Å². The van der Waals surface area contributed by atoms with Crippen LogP contribution in [0.2, 0.25) is 0 Å². The van der Waals surface area contributed by atoms with Crippen molar-refractivity contribution in [2.75, 3.05) is 0 Å². The van der Waals surface area contributed by atoms with Crippen LogP contribution in [-0.4, -0.2) is 17.0 Å². The largest absolute Gasteiger partial charge is 0.393 e. The molecule has 0 saturated heterocycles. The Morgan fingerprint density at radius 3 is 2.83 bits per heavy atom. The van der Waals surface area contributed by atoms with Crippen molar-refractivity contribution in [3.8, 4) is 0 Å². The van der Waals surface area contributed by atoms with E-state index in [0.717, 1.165) is 42.9 Å². The lowest BCUT2D eigenvalue weighted by molar-refractivity contribution is -0.119. The molecule has 1 N–H and O–H groups in total. The number of hydrogen-bond donors (Lipinski definition) is 1. The summed E-state index contributed by atoms with van der Waals surface area (Å²) in [5, 5.41) is 10.4. The predicted molar refractivity (Wildman–Crippen MR) is 94.3 cm³/mol. The van der Waals surface area contributed by atoms with Gasteiger partial charge < -0.3 is 5.11 Å². The maximum atomic E-state index is 11.9. The van der Waals surface area contributed by atoms with Gasteiger partial charge in [0.15, 0.2) is 0 Å². The van der Waals surface area contributed by atoms with Crippen molar-refractivity contribution >= 4 is 5.78 Å². The standard InChI is InChI=1S/C22H32O2/c1-12-8-14-9-16(24)4-5-17(14)18-6-7-21(3)19(13(2)23)10-15-11-22(15,21)20(12)18/h12-13,15,18-20,23H,4-11H2,1-3H3/t12-,13?,15+,18-,19+,20-,21-,22-/m1/s1. The SMILES string of the molecule is CC(O)[C@@H]1C[C@H]2C[C@]23[C@@H]2[C@H](C)CC4=C(CCC(=O)C4)[C@H]2CC[C@]13C. The lowest BCUT2D eigenvalue weighted by Gasteiger charge is -2.57. The minimum absolute atomic E-state index is 0.155. The van der Waals surface area contributed by atoms with Gasteiger partial charge in [-0.05, 0) is 85.9 Å². The number of hydrogen-bond acceptors (Lipinski definition) is 2. The number of aliphatic hydroxyl groups excluding tert-OH is 1. The predicted octanol–water partition coefficient (Wildman–Crippen LogP) is 4.52. The summed E-state index contributed by atoms with van der Waals surface area (Å²) in [4.78, 5) is 11.9. The van der Waals surface area contributed by atoms with Gasteiger partial charge in [0, 0.05) is 12.8 Å². The van der Waals surface area contributed by atoms with Gasteiger partial charge in [0.2, 0.25) is 0 Å². The Hall–Kier alpha value is -0.630. The van der Waals surface area contributed by atoms with E-state index in [1.807, 2.05) is 6.92 Å². The van der Waals surface area contributed by atoms with Crippen LogP contribution in [0.25, 0.3) is 0 Å². The quantitative estimate of drug-likeness (QED) is 0.719. The van der Waals surface area contributed by atoms with Crippen molar-refractivity contribution in [3.63, 3.8) is 0 Å². The van der Waals surface area contributed by atoms with Crippen LogP contribution in [0.3, 0.4) is 0 Å². The van der Waals surface area contributed by atoms with Gasteiger partial charge in [0.1, 0.15) is 5.78 Å². The van der Waals surface area contributed by atoms with Crippen molar-refractivity contribution in [2.45, 2.75) is 78.2 Å². The summed E-state index contributed by atoms with van der Waals surface area (Å²) in [6.45, 7) is 7.01. The third kappa shape index (κ3) is 1.69. The molecule has 5 rings (SSSR count). The summed E-state index contributed by atoms with van der Waals surface area (Å²) in [6, 6.07) is 0. The first kappa shape index (κ1) is 15.6. The maximum absolute atomic E-state index is 11.9. The summed E-state index contributed by atoms with van der Waals surface area (Å²) in [5.41, 5.74) is 4.10. The lowest BCUT2D eigenvalue weighted by atomic mass is 9.48. The third-order valence-corrected chi connectivity index (χ3v) is 9.32. The van der Waals surface area contributed by atoms with E-state index >= 15 is 0 Å². The summed E-state index contributed by atoms with van der Waals surface area (Å²) in [7, 11) is 0. The molecule has 2 heteroatoms. The van der Waals surface area contributed by atoms with E-state index in [9.17, 15) is 9.90 Å². The first-order chi connectivity index (χ1) is 11.4. The molecule has 5 aliphatic rings. The van der Waals surface area contributed by atoms with Gasteiger partial charge in [-0.25, -0.2) is 0 Å². The molecule has 0 radical (unpaired) electrons. The Bertz CT molecular complexity index is 632. The normalized spacial score (nSPS) is 53.8. The molecular weight excluding hydrogens is 296 g/mol. The molecule has 0 amide bonds. The van der Waals surface area contributed by atoms with Gasteiger partial charge in [-0.1, -0.05) is 25.0 Å². The molecule has 1 unspecified atom stereocenters. The van der Waals surface area contributed by atoms with Gasteiger partial charge in [0.25, 0.3) is 0 Å². The Kier molecular flexibility index (Phi) is 3.09. The van der Waals surface area contributed by atoms with Crippen LogP contribution in [0.15, 0.2) is 11.1 Å². The molecule has 3 saturated carbocycles. The summed E-state index contributed by atoms with van der Waals surface area (Å²) in [5.74, 6) is 4.13. The van der Waals surface area contributed by atoms with E-state index in [4.69, 9.17) is 0 Å². The van der Waals surface area contributed by atoms with E-state index in [-0.39, 0.29) is 6.10 Å². The molecule has 0 heterocycles. The topological polar surface area (TPSA) is 37.3 Å². The lowest BCUT2D eigenvalue weighted by Crippen LogP contribution is -2.51. The van der Waals surface area contributed by atoms with Gasteiger partial charge in [-0.15, -0.1) is 0 Å². The van der Waals surface area contributed by atoms with Crippen LogP contribution in [-0.2, 0) is 4.79 Å². The van der Waals surface area contributed by atoms with Crippen molar-refractivity contribution in [1.82, 2.24) is 0 Å². The van der Waals surface area contributed by atoms with E-state index in [2.05, 4.69) is 13.8 Å². The van der Waals surface area contributed by atoms with Gasteiger partial charge in [-0.2, -0.15) is 0 Å². The molecule has 0 aromatic rings. The average molecular weight is 328 g/mol. The van der Waals surface area contributed by atoms with Crippen LogP contribution in [0.1, 0.15) is 72.1 Å². The van der Waals surface area contributed by atoms with Crippen LogP contribution in [0, 0.1) is 40.4 Å². The van der Waals surface area contributed by atoms with Crippen LogP contribution < -0.4 is 0 Å². The number of fused-ring (bicyclic) bond motifs is 2. The van der Waals surface area contributed by atoms with Crippen molar-refractivity contribution in [1.29, 1.82) is 0 Å². The Labute approximate surface area is 146 Å². The van der Waals surface area contributed by atoms with Crippen molar-refractivity contribution in [3.05, 3.63) is 11.1 Å². The fraction of sp³-hybridized carbons (Fsp3) is 0.864. The Morgan fingerprint density at radius 1 is 1.29 bits per heavy atom. The molecule has 0 aliphatic heterocycles. The number of aliphatic hydroxyl groups is 1. The zero-order valence-corrected chi connectivity index (χ0v) is 15.5. The summed E-state index contributed by atoms with van der Waals surface area (Å²) in [6.07, 6.45) is 8.89. The Balaban J connectivity index is 1.56. The number of allylic oxidation sites excluding steroid dienone is 2. The number of Topliss-reactive ketones (excluding diaryl/α,β-unsaturated/α-hetero) is 1.